The highest BCUT2D eigenvalue weighted by molar-refractivity contribution is 14.1. The average Bonchev–Trinajstić information content (AvgIpc) is 2.96. The van der Waals surface area contributed by atoms with Crippen molar-refractivity contribution in [3.63, 3.8) is 0 Å². The molecule has 0 aliphatic heterocycles. The monoisotopic (exact) mass is 706 g/mol. The summed E-state index contributed by atoms with van der Waals surface area (Å²) in [4.78, 5) is 28.5. The van der Waals surface area contributed by atoms with Gasteiger partial charge in [-0.25, -0.2) is 10.4 Å². The maximum Gasteiger partial charge on any atom is 0.272 e. The van der Waals surface area contributed by atoms with E-state index in [0.717, 1.165) is 24.6 Å². The predicted octanol–water partition coefficient (Wildman–Crippen LogP) is 7.52. The number of amides is 1. The number of nitrogens with zero attached hydrogens (tertiary/aromatic N) is 3. The van der Waals surface area contributed by atoms with Crippen molar-refractivity contribution < 1.29 is 14.5 Å². The number of fused-ring (bicyclic) bond motifs is 1. The SMILES string of the molecule is O=C(N/N=C\c1cc(Br)cc(I)c1OCc1ccc([N+](=O)[O-])cc1)c1cc(-c2ccccc2)nc2ccccc12. The van der Waals surface area contributed by atoms with E-state index in [0.29, 0.717) is 28.1 Å². The van der Waals surface area contributed by atoms with Gasteiger partial charge in [0.15, 0.2) is 0 Å². The number of carbonyl (C=O) groups is 1. The van der Waals surface area contributed by atoms with Gasteiger partial charge in [0.25, 0.3) is 11.6 Å². The summed E-state index contributed by atoms with van der Waals surface area (Å²) in [6.45, 7) is 0.202. The van der Waals surface area contributed by atoms with Gasteiger partial charge >= 0.3 is 0 Å². The number of non-ortho nitro benzene ring substituents is 1. The maximum atomic E-state index is 13.3. The fraction of sp³-hybridized carbons (Fsp3) is 0.0333. The Balaban J connectivity index is 1.38. The molecular weight excluding hydrogens is 687 g/mol. The second kappa shape index (κ2) is 12.3. The van der Waals surface area contributed by atoms with Crippen molar-refractivity contribution in [3.05, 3.63) is 132 Å². The van der Waals surface area contributed by atoms with E-state index >= 15 is 0 Å². The Morgan fingerprint density at radius 3 is 2.50 bits per heavy atom. The van der Waals surface area contributed by atoms with E-state index in [4.69, 9.17) is 9.72 Å². The molecule has 0 spiro atoms. The van der Waals surface area contributed by atoms with Gasteiger partial charge < -0.3 is 4.74 Å². The summed E-state index contributed by atoms with van der Waals surface area (Å²) in [5.41, 5.74) is 6.85. The molecule has 1 heterocycles. The number of aromatic nitrogens is 1. The molecule has 0 aliphatic carbocycles. The molecule has 0 saturated heterocycles. The number of hydrazone groups is 1. The second-order valence-electron chi connectivity index (χ2n) is 8.66. The Labute approximate surface area is 251 Å². The molecule has 10 heteroatoms. The number of carbonyl (C=O) groups excluding carboxylic acids is 1. The van der Waals surface area contributed by atoms with Crippen LogP contribution in [0.4, 0.5) is 5.69 Å². The van der Waals surface area contributed by atoms with Crippen LogP contribution >= 0.6 is 38.5 Å². The van der Waals surface area contributed by atoms with Gasteiger partial charge in [-0.05, 0) is 64.6 Å². The minimum Gasteiger partial charge on any atom is -0.487 e. The normalized spacial score (nSPS) is 11.1. The Kier molecular flexibility index (Phi) is 8.46. The summed E-state index contributed by atoms with van der Waals surface area (Å²) >= 11 is 5.66. The van der Waals surface area contributed by atoms with Gasteiger partial charge in [0.2, 0.25) is 0 Å². The van der Waals surface area contributed by atoms with E-state index in [-0.39, 0.29) is 18.2 Å². The third kappa shape index (κ3) is 6.35. The Morgan fingerprint density at radius 1 is 1.02 bits per heavy atom. The lowest BCUT2D eigenvalue weighted by Gasteiger charge is -2.12. The number of rotatable bonds is 8. The van der Waals surface area contributed by atoms with Crippen molar-refractivity contribution in [2.45, 2.75) is 6.61 Å². The number of halogens is 2. The molecule has 40 heavy (non-hydrogen) atoms. The van der Waals surface area contributed by atoms with Crippen molar-refractivity contribution >= 4 is 67.2 Å². The molecule has 5 rings (SSSR count). The first kappa shape index (κ1) is 27.4. The fourth-order valence-corrected chi connectivity index (χ4v) is 5.74. The minimum absolute atomic E-state index is 0.0170. The molecule has 1 aromatic heterocycles. The van der Waals surface area contributed by atoms with Crippen molar-refractivity contribution in [3.8, 4) is 17.0 Å². The van der Waals surface area contributed by atoms with Crippen molar-refractivity contribution in [2.75, 3.05) is 0 Å². The lowest BCUT2D eigenvalue weighted by Crippen LogP contribution is -2.18. The molecule has 0 bridgehead atoms. The van der Waals surface area contributed by atoms with E-state index in [1.165, 1.54) is 18.3 Å². The van der Waals surface area contributed by atoms with Crippen LogP contribution < -0.4 is 10.2 Å². The molecular formula is C30H20BrIN4O4. The number of hydrogen-bond acceptors (Lipinski definition) is 6. The summed E-state index contributed by atoms with van der Waals surface area (Å²) in [6, 6.07) is 28.8. The number of benzene rings is 4. The van der Waals surface area contributed by atoms with E-state index in [1.54, 1.807) is 18.2 Å². The number of nitrogens with one attached hydrogen (secondary N) is 1. The highest BCUT2D eigenvalue weighted by Gasteiger charge is 2.14. The Morgan fingerprint density at radius 2 is 1.75 bits per heavy atom. The van der Waals surface area contributed by atoms with E-state index in [1.807, 2.05) is 66.7 Å². The van der Waals surface area contributed by atoms with Crippen LogP contribution in [0, 0.1) is 13.7 Å². The summed E-state index contributed by atoms with van der Waals surface area (Å²) in [6.07, 6.45) is 1.53. The molecule has 4 aromatic carbocycles. The number of nitro benzene ring substituents is 1. The predicted molar refractivity (Wildman–Crippen MR) is 167 cm³/mol. The van der Waals surface area contributed by atoms with Crippen LogP contribution in [0.25, 0.3) is 22.2 Å². The number of hydrogen-bond donors (Lipinski definition) is 1. The maximum absolute atomic E-state index is 13.3. The zero-order chi connectivity index (χ0) is 28.1. The van der Waals surface area contributed by atoms with Gasteiger partial charge in [-0.1, -0.05) is 64.5 Å². The van der Waals surface area contributed by atoms with Gasteiger partial charge in [-0.15, -0.1) is 0 Å². The van der Waals surface area contributed by atoms with Crippen molar-refractivity contribution in [1.82, 2.24) is 10.4 Å². The molecule has 0 fully saturated rings. The first-order valence-corrected chi connectivity index (χ1v) is 13.9. The molecule has 5 aromatic rings. The van der Waals surface area contributed by atoms with Gasteiger partial charge in [-0.3, -0.25) is 14.9 Å². The van der Waals surface area contributed by atoms with Crippen LogP contribution in [0.3, 0.4) is 0 Å². The number of nitro groups is 1. The highest BCUT2D eigenvalue weighted by atomic mass is 127. The number of ether oxygens (including phenoxy) is 1. The highest BCUT2D eigenvalue weighted by Crippen LogP contribution is 2.30. The Hall–Kier alpha value is -4.16. The van der Waals surface area contributed by atoms with Gasteiger partial charge in [-0.2, -0.15) is 5.10 Å². The van der Waals surface area contributed by atoms with Crippen LogP contribution in [0.15, 0.2) is 107 Å². The third-order valence-corrected chi connectivity index (χ3v) is 7.23. The second-order valence-corrected chi connectivity index (χ2v) is 10.7. The third-order valence-electron chi connectivity index (χ3n) is 5.97. The smallest absolute Gasteiger partial charge is 0.272 e. The van der Waals surface area contributed by atoms with Crippen LogP contribution in [0.5, 0.6) is 5.75 Å². The standard InChI is InChI=1S/C30H20BrIN4O4/c31-22-14-21(29(26(32)15-22)40-18-19-10-12-23(13-11-19)36(38)39)17-33-35-30(37)25-16-28(20-6-2-1-3-7-20)34-27-9-5-4-8-24(25)27/h1-17H,18H2,(H,35,37)/b33-17-. The lowest BCUT2D eigenvalue weighted by atomic mass is 10.0. The van der Waals surface area contributed by atoms with Crippen LogP contribution in [0.1, 0.15) is 21.5 Å². The van der Waals surface area contributed by atoms with Gasteiger partial charge in [0, 0.05) is 33.1 Å². The summed E-state index contributed by atoms with van der Waals surface area (Å²) in [5.74, 6) is 0.200. The van der Waals surface area contributed by atoms with Gasteiger partial charge in [0.05, 0.1) is 31.5 Å². The van der Waals surface area contributed by atoms with Crippen LogP contribution in [-0.2, 0) is 6.61 Å². The minimum atomic E-state index is -0.442. The molecule has 0 aliphatic rings. The lowest BCUT2D eigenvalue weighted by molar-refractivity contribution is -0.384. The van der Waals surface area contributed by atoms with Crippen LogP contribution in [0.2, 0.25) is 0 Å². The topological polar surface area (TPSA) is 107 Å². The fourth-order valence-electron chi connectivity index (χ4n) is 4.04. The molecule has 0 atom stereocenters. The summed E-state index contributed by atoms with van der Waals surface area (Å²) in [7, 11) is 0. The van der Waals surface area contributed by atoms with E-state index in [9.17, 15) is 14.9 Å². The summed E-state index contributed by atoms with van der Waals surface area (Å²) in [5, 5.41) is 15.9. The zero-order valence-electron chi connectivity index (χ0n) is 20.8. The van der Waals surface area contributed by atoms with Crippen molar-refractivity contribution in [1.29, 1.82) is 0 Å². The quantitative estimate of drug-likeness (QED) is 0.0778. The van der Waals surface area contributed by atoms with Crippen LogP contribution in [-0.4, -0.2) is 22.0 Å². The number of pyridine rings is 1. The first-order chi connectivity index (χ1) is 19.4. The Bertz CT molecular complexity index is 1750. The molecule has 8 nitrogen and oxygen atoms in total. The largest absolute Gasteiger partial charge is 0.487 e. The van der Waals surface area contributed by atoms with Gasteiger partial charge in [0.1, 0.15) is 12.4 Å². The summed E-state index contributed by atoms with van der Waals surface area (Å²) < 4.78 is 7.71. The molecule has 1 N–H and O–H groups in total. The molecule has 0 radical (unpaired) electrons. The first-order valence-electron chi connectivity index (χ1n) is 12.0. The molecule has 0 saturated carbocycles. The zero-order valence-corrected chi connectivity index (χ0v) is 24.5. The van der Waals surface area contributed by atoms with Crippen molar-refractivity contribution in [2.24, 2.45) is 5.10 Å². The van der Waals surface area contributed by atoms with E-state index < -0.39 is 4.92 Å². The molecule has 0 unspecified atom stereocenters. The molecule has 1 amide bonds. The number of para-hydroxylation sites is 1. The molecule has 198 valence electrons. The average molecular weight is 707 g/mol. The van der Waals surface area contributed by atoms with E-state index in [2.05, 4.69) is 49.0 Å².